The lowest BCUT2D eigenvalue weighted by molar-refractivity contribution is -0.140. The summed E-state index contributed by atoms with van der Waals surface area (Å²) in [5.41, 5.74) is 1.26. The molecule has 1 aromatic carbocycles. The molecular formula is C27H34F4N6O. The number of piperazine rings is 2. The third-order valence-electron chi connectivity index (χ3n) is 8.18. The highest BCUT2D eigenvalue weighted by molar-refractivity contribution is 5.84. The first-order valence-corrected chi connectivity index (χ1v) is 13.3. The Morgan fingerprint density at radius 1 is 1.05 bits per heavy atom. The van der Waals surface area contributed by atoms with Gasteiger partial charge in [0.05, 0.1) is 11.5 Å². The van der Waals surface area contributed by atoms with Gasteiger partial charge in [0.15, 0.2) is 0 Å². The Labute approximate surface area is 220 Å². The topological polar surface area (TPSA) is 55.8 Å². The maximum atomic E-state index is 14.5. The predicted molar refractivity (Wildman–Crippen MR) is 136 cm³/mol. The zero-order valence-electron chi connectivity index (χ0n) is 21.8. The molecule has 5 rings (SSSR count). The number of likely N-dealkylation sites (N-methyl/N-ethyl adjacent to an activating group) is 1. The molecule has 0 bridgehead atoms. The summed E-state index contributed by atoms with van der Waals surface area (Å²) in [5.74, 6) is -0.939. The molecule has 2 fully saturated rings. The number of aromatic nitrogens is 2. The molecule has 0 radical (unpaired) electrons. The number of fused-ring (bicyclic) bond motifs is 1. The number of aryl methyl sites for hydroxylation is 1. The van der Waals surface area contributed by atoms with E-state index >= 15 is 0 Å². The van der Waals surface area contributed by atoms with Crippen LogP contribution in [-0.4, -0.2) is 96.5 Å². The van der Waals surface area contributed by atoms with Gasteiger partial charge in [0.1, 0.15) is 18.0 Å². The summed E-state index contributed by atoms with van der Waals surface area (Å²) in [5, 5.41) is 0. The van der Waals surface area contributed by atoms with Crippen molar-refractivity contribution in [3.63, 3.8) is 0 Å². The minimum atomic E-state index is -4.78. The van der Waals surface area contributed by atoms with Crippen molar-refractivity contribution in [3.8, 4) is 0 Å². The summed E-state index contributed by atoms with van der Waals surface area (Å²) in [4.78, 5) is 31.1. The Kier molecular flexibility index (Phi) is 7.59. The third-order valence-corrected chi connectivity index (χ3v) is 8.18. The highest BCUT2D eigenvalue weighted by Crippen LogP contribution is 2.37. The number of hydrogen-bond acceptors (Lipinski definition) is 6. The Bertz CT molecular complexity index is 1160. The number of anilines is 1. The van der Waals surface area contributed by atoms with E-state index in [1.54, 1.807) is 11.2 Å². The number of nitrogens with zero attached hydrogens (tertiary/aromatic N) is 6. The molecule has 1 amide bonds. The molecule has 2 aromatic rings. The van der Waals surface area contributed by atoms with E-state index in [-0.39, 0.29) is 11.5 Å². The highest BCUT2D eigenvalue weighted by atomic mass is 19.4. The van der Waals surface area contributed by atoms with Crippen LogP contribution in [0.5, 0.6) is 0 Å². The van der Waals surface area contributed by atoms with E-state index in [0.29, 0.717) is 38.6 Å². The number of carbonyl (C=O) groups is 1. The molecule has 1 aromatic heterocycles. The molecule has 0 unspecified atom stereocenters. The monoisotopic (exact) mass is 534 g/mol. The minimum absolute atomic E-state index is 0.177. The van der Waals surface area contributed by atoms with Gasteiger partial charge in [-0.2, -0.15) is 13.2 Å². The van der Waals surface area contributed by atoms with E-state index < -0.39 is 23.5 Å². The van der Waals surface area contributed by atoms with Crippen molar-refractivity contribution in [2.75, 3.05) is 70.9 Å². The van der Waals surface area contributed by atoms with Gasteiger partial charge >= 0.3 is 6.18 Å². The zero-order chi connectivity index (χ0) is 27.0. The van der Waals surface area contributed by atoms with Gasteiger partial charge in [-0.05, 0) is 43.5 Å². The SMILES string of the molecule is C[C@@H]1CCc2ncnc(N3CCN(C(=O)[C@H](CN4CCN(C)CC4)c4ccc(C(F)(F)F)c(F)c4)CC3)c21. The second kappa shape index (κ2) is 10.8. The van der Waals surface area contributed by atoms with Crippen molar-refractivity contribution in [2.45, 2.75) is 37.8 Å². The Balaban J connectivity index is 1.34. The minimum Gasteiger partial charge on any atom is -0.353 e. The molecular weight excluding hydrogens is 500 g/mol. The standard InChI is InChI=1S/C27H34F4N6O/c1-18-3-6-23-24(18)25(33-17-32-23)36-11-13-37(14-12-36)26(38)20(16-35-9-7-34(2)8-10-35)19-4-5-21(22(28)15-19)27(29,30)31/h4-5,15,17-18,20H,3,6-14,16H2,1-2H3/t18-,20-/m1/s1. The number of halogens is 4. The first-order chi connectivity index (χ1) is 18.1. The lowest BCUT2D eigenvalue weighted by Crippen LogP contribution is -2.52. The summed E-state index contributed by atoms with van der Waals surface area (Å²) in [6.07, 6.45) is -1.18. The van der Waals surface area contributed by atoms with Crippen molar-refractivity contribution in [3.05, 3.63) is 52.7 Å². The van der Waals surface area contributed by atoms with E-state index in [1.807, 2.05) is 7.05 Å². The Morgan fingerprint density at radius 3 is 2.42 bits per heavy atom. The molecule has 206 valence electrons. The van der Waals surface area contributed by atoms with Gasteiger partial charge < -0.3 is 14.7 Å². The molecule has 38 heavy (non-hydrogen) atoms. The van der Waals surface area contributed by atoms with Crippen LogP contribution in [0.3, 0.4) is 0 Å². The second-order valence-electron chi connectivity index (χ2n) is 10.7. The molecule has 0 N–H and O–H groups in total. The van der Waals surface area contributed by atoms with Gasteiger partial charge in [-0.15, -0.1) is 0 Å². The zero-order valence-corrected chi connectivity index (χ0v) is 21.8. The van der Waals surface area contributed by atoms with E-state index in [1.165, 1.54) is 11.6 Å². The Morgan fingerprint density at radius 2 is 1.76 bits per heavy atom. The molecule has 2 saturated heterocycles. The predicted octanol–water partition coefficient (Wildman–Crippen LogP) is 3.36. The fourth-order valence-corrected chi connectivity index (χ4v) is 5.83. The quantitative estimate of drug-likeness (QED) is 0.549. The number of amides is 1. The Hall–Kier alpha value is -2.79. The lowest BCUT2D eigenvalue weighted by atomic mass is 9.94. The maximum absolute atomic E-state index is 14.5. The maximum Gasteiger partial charge on any atom is 0.419 e. The van der Waals surface area contributed by atoms with Crippen LogP contribution < -0.4 is 4.90 Å². The van der Waals surface area contributed by atoms with Crippen LogP contribution in [0.1, 0.15) is 47.6 Å². The van der Waals surface area contributed by atoms with E-state index in [2.05, 4.69) is 31.6 Å². The van der Waals surface area contributed by atoms with Crippen molar-refractivity contribution >= 4 is 11.7 Å². The van der Waals surface area contributed by atoms with Gasteiger partial charge in [0, 0.05) is 70.2 Å². The summed E-state index contributed by atoms with van der Waals surface area (Å²) >= 11 is 0. The molecule has 1 aliphatic carbocycles. The van der Waals surface area contributed by atoms with E-state index in [9.17, 15) is 22.4 Å². The van der Waals surface area contributed by atoms with Crippen LogP contribution in [0.15, 0.2) is 24.5 Å². The molecule has 7 nitrogen and oxygen atoms in total. The second-order valence-corrected chi connectivity index (χ2v) is 10.7. The molecule has 3 aliphatic rings. The van der Waals surface area contributed by atoms with Crippen LogP contribution in [0, 0.1) is 5.82 Å². The third kappa shape index (κ3) is 5.49. The van der Waals surface area contributed by atoms with Crippen molar-refractivity contribution in [1.29, 1.82) is 0 Å². The van der Waals surface area contributed by atoms with Crippen molar-refractivity contribution in [2.24, 2.45) is 0 Å². The van der Waals surface area contributed by atoms with Crippen LogP contribution in [0.2, 0.25) is 0 Å². The molecule has 11 heteroatoms. The average Bonchev–Trinajstić information content (AvgIpc) is 3.28. The number of alkyl halides is 3. The normalized spacial score (nSPS) is 22.0. The van der Waals surface area contributed by atoms with Crippen LogP contribution in [0.4, 0.5) is 23.4 Å². The van der Waals surface area contributed by atoms with E-state index in [0.717, 1.165) is 62.7 Å². The molecule has 0 spiro atoms. The first-order valence-electron chi connectivity index (χ1n) is 13.3. The first kappa shape index (κ1) is 26.8. The van der Waals surface area contributed by atoms with Gasteiger partial charge in [0.25, 0.3) is 0 Å². The average molecular weight is 535 g/mol. The van der Waals surface area contributed by atoms with Gasteiger partial charge in [-0.1, -0.05) is 13.0 Å². The molecule has 2 atom stereocenters. The summed E-state index contributed by atoms with van der Waals surface area (Å²) in [7, 11) is 2.03. The molecule has 3 heterocycles. The van der Waals surface area contributed by atoms with Crippen LogP contribution in [-0.2, 0) is 17.4 Å². The van der Waals surface area contributed by atoms with Crippen LogP contribution in [0.25, 0.3) is 0 Å². The lowest BCUT2D eigenvalue weighted by Gasteiger charge is -2.39. The largest absolute Gasteiger partial charge is 0.419 e. The van der Waals surface area contributed by atoms with Gasteiger partial charge in [-0.25, -0.2) is 14.4 Å². The number of hydrogen-bond donors (Lipinski definition) is 0. The van der Waals surface area contributed by atoms with Gasteiger partial charge in [-0.3, -0.25) is 9.69 Å². The number of carbonyl (C=O) groups excluding carboxylic acids is 1. The fraction of sp³-hybridized carbons (Fsp3) is 0.593. The summed E-state index contributed by atoms with van der Waals surface area (Å²) < 4.78 is 54.1. The number of rotatable bonds is 5. The summed E-state index contributed by atoms with van der Waals surface area (Å²) in [6, 6.07) is 2.90. The molecule has 2 aliphatic heterocycles. The van der Waals surface area contributed by atoms with Crippen molar-refractivity contribution < 1.29 is 22.4 Å². The van der Waals surface area contributed by atoms with Gasteiger partial charge in [0.2, 0.25) is 5.91 Å². The highest BCUT2D eigenvalue weighted by Gasteiger charge is 2.37. The molecule has 0 saturated carbocycles. The number of benzene rings is 1. The summed E-state index contributed by atoms with van der Waals surface area (Å²) in [6.45, 7) is 7.82. The van der Waals surface area contributed by atoms with Crippen molar-refractivity contribution in [1.82, 2.24) is 24.7 Å². The van der Waals surface area contributed by atoms with E-state index in [4.69, 9.17) is 0 Å². The van der Waals surface area contributed by atoms with Crippen LogP contribution >= 0.6 is 0 Å². The fourth-order valence-electron chi connectivity index (χ4n) is 5.83. The smallest absolute Gasteiger partial charge is 0.353 e.